The molecule has 4 N–H and O–H groups in total. The SMILES string of the molecule is CCOc1ccc(C2=CC(c3cc(Br)ccc3O)[NH2+]C(c3ccc(F)c(Br)c3)N2)cc1. The van der Waals surface area contributed by atoms with Gasteiger partial charge >= 0.3 is 0 Å². The highest BCUT2D eigenvalue weighted by molar-refractivity contribution is 9.10. The molecule has 0 saturated carbocycles. The van der Waals surface area contributed by atoms with Crippen molar-refractivity contribution in [2.24, 2.45) is 0 Å². The van der Waals surface area contributed by atoms with Gasteiger partial charge in [0.05, 0.1) is 16.6 Å². The first kappa shape index (κ1) is 21.9. The number of hydrogen-bond donors (Lipinski definition) is 3. The first-order valence-corrected chi connectivity index (χ1v) is 11.5. The number of phenolic OH excluding ortho intramolecular Hbond substituents is 1. The Morgan fingerprint density at radius 2 is 1.84 bits per heavy atom. The maximum Gasteiger partial charge on any atom is 0.186 e. The molecular weight excluding hydrogens is 527 g/mol. The van der Waals surface area contributed by atoms with Crippen molar-refractivity contribution in [3.63, 3.8) is 0 Å². The number of ether oxygens (including phenoxy) is 1. The Balaban J connectivity index is 1.74. The van der Waals surface area contributed by atoms with Crippen LogP contribution in [0.2, 0.25) is 0 Å². The number of quaternary nitrogens is 1. The summed E-state index contributed by atoms with van der Waals surface area (Å²) in [5.41, 5.74) is 3.65. The van der Waals surface area contributed by atoms with Gasteiger partial charge < -0.3 is 20.5 Å². The maximum absolute atomic E-state index is 13.8. The Hall–Kier alpha value is -2.35. The molecule has 0 bridgehead atoms. The van der Waals surface area contributed by atoms with Crippen LogP contribution in [0.1, 0.15) is 35.8 Å². The number of nitrogens with one attached hydrogen (secondary N) is 1. The Morgan fingerprint density at radius 3 is 2.55 bits per heavy atom. The summed E-state index contributed by atoms with van der Waals surface area (Å²) in [4.78, 5) is 0. The number of hydrogen-bond acceptors (Lipinski definition) is 3. The number of phenols is 1. The predicted octanol–water partition coefficient (Wildman–Crippen LogP) is 5.40. The minimum atomic E-state index is -0.303. The van der Waals surface area contributed by atoms with Crippen molar-refractivity contribution < 1.29 is 19.6 Å². The molecule has 0 fully saturated rings. The summed E-state index contributed by atoms with van der Waals surface area (Å²) in [5.74, 6) is 0.741. The summed E-state index contributed by atoms with van der Waals surface area (Å²) in [5, 5.41) is 16.2. The van der Waals surface area contributed by atoms with Gasteiger partial charge in [-0.3, -0.25) is 0 Å². The molecule has 7 heteroatoms. The summed E-state index contributed by atoms with van der Waals surface area (Å²) >= 11 is 6.79. The van der Waals surface area contributed by atoms with E-state index in [0.29, 0.717) is 11.1 Å². The first-order chi connectivity index (χ1) is 14.9. The van der Waals surface area contributed by atoms with Crippen molar-refractivity contribution in [1.82, 2.24) is 5.32 Å². The summed E-state index contributed by atoms with van der Waals surface area (Å²) in [6.45, 7) is 2.57. The van der Waals surface area contributed by atoms with Crippen molar-refractivity contribution in [2.45, 2.75) is 19.1 Å². The van der Waals surface area contributed by atoms with Crippen molar-refractivity contribution in [3.8, 4) is 11.5 Å². The lowest BCUT2D eigenvalue weighted by Gasteiger charge is -2.30. The van der Waals surface area contributed by atoms with E-state index in [2.05, 4.69) is 48.6 Å². The normalized spacial score (nSPS) is 18.3. The van der Waals surface area contributed by atoms with Crippen LogP contribution in [0.5, 0.6) is 11.5 Å². The molecule has 3 aromatic carbocycles. The Bertz CT molecular complexity index is 1120. The Morgan fingerprint density at radius 1 is 1.06 bits per heavy atom. The molecule has 4 rings (SSSR count). The van der Waals surface area contributed by atoms with Gasteiger partial charge in [0.15, 0.2) is 6.17 Å². The highest BCUT2D eigenvalue weighted by Gasteiger charge is 2.30. The van der Waals surface area contributed by atoms with Crippen LogP contribution in [-0.4, -0.2) is 11.7 Å². The fourth-order valence-electron chi connectivity index (χ4n) is 3.67. The Kier molecular flexibility index (Phi) is 6.65. The molecule has 0 aromatic heterocycles. The molecule has 3 aromatic rings. The van der Waals surface area contributed by atoms with Gasteiger partial charge in [-0.25, -0.2) is 4.39 Å². The Labute approximate surface area is 197 Å². The van der Waals surface area contributed by atoms with Gasteiger partial charge in [-0.1, -0.05) is 15.9 Å². The zero-order chi connectivity index (χ0) is 22.0. The highest BCUT2D eigenvalue weighted by atomic mass is 79.9. The van der Waals surface area contributed by atoms with Gasteiger partial charge in [0.25, 0.3) is 0 Å². The predicted molar refractivity (Wildman–Crippen MR) is 126 cm³/mol. The lowest BCUT2D eigenvalue weighted by Crippen LogP contribution is -2.89. The standard InChI is InChI=1S/C24H21Br2FN2O2/c1-2-31-17-7-3-14(4-8-17)21-13-22(18-12-16(25)6-10-23(18)30)29-24(28-21)15-5-9-20(27)19(26)11-15/h3-13,22,24,28-30H,2H2,1H3/p+1. The molecule has 1 heterocycles. The van der Waals surface area contributed by atoms with Crippen molar-refractivity contribution in [3.05, 3.63) is 98.2 Å². The molecule has 2 unspecified atom stereocenters. The largest absolute Gasteiger partial charge is 0.507 e. The number of benzene rings is 3. The van der Waals surface area contributed by atoms with Gasteiger partial charge in [-0.15, -0.1) is 0 Å². The van der Waals surface area contributed by atoms with Gasteiger partial charge in [0.2, 0.25) is 0 Å². The van der Waals surface area contributed by atoms with Crippen LogP contribution in [0.25, 0.3) is 5.70 Å². The van der Waals surface area contributed by atoms with E-state index in [1.807, 2.05) is 43.3 Å². The minimum absolute atomic E-state index is 0.144. The van der Waals surface area contributed by atoms with Crippen molar-refractivity contribution in [2.75, 3.05) is 6.61 Å². The molecule has 1 aliphatic rings. The molecule has 160 valence electrons. The van der Waals surface area contributed by atoms with E-state index >= 15 is 0 Å². The summed E-state index contributed by atoms with van der Waals surface area (Å²) < 4.78 is 20.7. The van der Waals surface area contributed by atoms with Gasteiger partial charge in [-0.2, -0.15) is 0 Å². The van der Waals surface area contributed by atoms with Crippen molar-refractivity contribution >= 4 is 37.6 Å². The minimum Gasteiger partial charge on any atom is -0.507 e. The van der Waals surface area contributed by atoms with Crippen molar-refractivity contribution in [1.29, 1.82) is 0 Å². The number of halogens is 3. The second-order valence-corrected chi connectivity index (χ2v) is 9.02. The van der Waals surface area contributed by atoms with Crippen LogP contribution < -0.4 is 15.4 Å². The summed E-state index contributed by atoms with van der Waals surface area (Å²) in [6, 6.07) is 18.2. The van der Waals surface area contributed by atoms with Crippen LogP contribution in [0.15, 0.2) is 75.7 Å². The van der Waals surface area contributed by atoms with E-state index in [1.54, 1.807) is 18.2 Å². The molecular formula is C24H22Br2FN2O2+. The second kappa shape index (κ2) is 9.42. The van der Waals surface area contributed by atoms with Gasteiger partial charge in [0, 0.05) is 21.8 Å². The van der Waals surface area contributed by atoms with Gasteiger partial charge in [0.1, 0.15) is 23.4 Å². The zero-order valence-electron chi connectivity index (χ0n) is 16.8. The fourth-order valence-corrected chi connectivity index (χ4v) is 4.44. The molecule has 0 amide bonds. The monoisotopic (exact) mass is 547 g/mol. The van der Waals surface area contributed by atoms with E-state index in [-0.39, 0.29) is 23.8 Å². The van der Waals surface area contributed by atoms with Crippen LogP contribution in [0.3, 0.4) is 0 Å². The average molecular weight is 549 g/mol. The zero-order valence-corrected chi connectivity index (χ0v) is 20.0. The maximum atomic E-state index is 13.8. The molecule has 31 heavy (non-hydrogen) atoms. The lowest BCUT2D eigenvalue weighted by molar-refractivity contribution is -0.731. The quantitative estimate of drug-likeness (QED) is 0.400. The van der Waals surface area contributed by atoms with Crippen LogP contribution in [0, 0.1) is 5.82 Å². The first-order valence-electron chi connectivity index (χ1n) is 9.94. The number of rotatable bonds is 5. The van der Waals surface area contributed by atoms with E-state index in [9.17, 15) is 9.50 Å². The molecule has 4 nitrogen and oxygen atoms in total. The molecule has 2 atom stereocenters. The third-order valence-corrected chi connectivity index (χ3v) is 6.29. The average Bonchev–Trinajstić information content (AvgIpc) is 2.78. The van der Waals surface area contributed by atoms with Crippen LogP contribution >= 0.6 is 31.9 Å². The third kappa shape index (κ3) is 4.95. The third-order valence-electron chi connectivity index (χ3n) is 5.18. The van der Waals surface area contributed by atoms with Crippen LogP contribution in [0.4, 0.5) is 4.39 Å². The van der Waals surface area contributed by atoms with E-state index in [4.69, 9.17) is 4.74 Å². The summed E-state index contributed by atoms with van der Waals surface area (Å²) in [6.07, 6.45) is 1.92. The smallest absolute Gasteiger partial charge is 0.186 e. The molecule has 0 spiro atoms. The van der Waals surface area contributed by atoms with Gasteiger partial charge in [-0.05, 0) is 89.1 Å². The van der Waals surface area contributed by atoms with Crippen LogP contribution in [-0.2, 0) is 0 Å². The highest BCUT2D eigenvalue weighted by Crippen LogP contribution is 2.32. The second-order valence-electron chi connectivity index (χ2n) is 7.25. The molecule has 1 aliphatic heterocycles. The number of aromatic hydroxyl groups is 1. The fraction of sp³-hybridized carbons (Fsp3) is 0.167. The van der Waals surface area contributed by atoms with E-state index in [0.717, 1.165) is 32.6 Å². The lowest BCUT2D eigenvalue weighted by atomic mass is 9.98. The topological polar surface area (TPSA) is 58.1 Å². The molecule has 0 saturated heterocycles. The van der Waals surface area contributed by atoms with E-state index < -0.39 is 0 Å². The molecule has 0 radical (unpaired) electrons. The summed E-state index contributed by atoms with van der Waals surface area (Å²) in [7, 11) is 0. The van der Waals surface area contributed by atoms with E-state index in [1.165, 1.54) is 6.07 Å². The number of nitrogens with two attached hydrogens (primary N) is 1. The molecule has 0 aliphatic carbocycles.